The maximum absolute atomic E-state index is 13.1. The molecule has 0 spiro atoms. The van der Waals surface area contributed by atoms with E-state index in [2.05, 4.69) is 15.6 Å². The zero-order valence-corrected chi connectivity index (χ0v) is 20.7. The highest BCUT2D eigenvalue weighted by Crippen LogP contribution is 2.38. The molecule has 3 aromatic carbocycles. The van der Waals surface area contributed by atoms with Crippen molar-refractivity contribution in [2.45, 2.75) is 13.0 Å². The number of ether oxygens (including phenoxy) is 1. The van der Waals surface area contributed by atoms with Gasteiger partial charge >= 0.3 is 0 Å². The Morgan fingerprint density at radius 3 is 2.84 bits per heavy atom. The minimum Gasteiger partial charge on any atom is -0.491 e. The Morgan fingerprint density at radius 2 is 1.97 bits per heavy atom. The number of thiophene rings is 1. The van der Waals surface area contributed by atoms with Crippen molar-refractivity contribution >= 4 is 50.9 Å². The van der Waals surface area contributed by atoms with Gasteiger partial charge in [-0.1, -0.05) is 18.2 Å². The molecule has 0 saturated carbocycles. The van der Waals surface area contributed by atoms with Crippen LogP contribution in [-0.2, 0) is 13.0 Å². The van der Waals surface area contributed by atoms with Gasteiger partial charge in [0.1, 0.15) is 10.6 Å². The summed E-state index contributed by atoms with van der Waals surface area (Å²) in [6, 6.07) is 17.4. The van der Waals surface area contributed by atoms with Gasteiger partial charge in [0, 0.05) is 36.0 Å². The number of para-hydroxylation sites is 1. The van der Waals surface area contributed by atoms with Crippen LogP contribution in [0.4, 0.5) is 22.7 Å². The van der Waals surface area contributed by atoms with Crippen molar-refractivity contribution in [2.24, 2.45) is 0 Å². The number of fused-ring (bicyclic) bond motifs is 2. The Kier molecular flexibility index (Phi) is 5.69. The fourth-order valence-corrected chi connectivity index (χ4v) is 5.58. The number of amides is 1. The van der Waals surface area contributed by atoms with Gasteiger partial charge in [0.05, 0.1) is 18.3 Å². The summed E-state index contributed by atoms with van der Waals surface area (Å²) < 4.78 is 5.11. The third kappa shape index (κ3) is 3.93. The number of nitrogens with zero attached hydrogens (tertiary/aromatic N) is 2. The Balaban J connectivity index is 1.17. The fourth-order valence-electron chi connectivity index (χ4n) is 4.82. The predicted molar refractivity (Wildman–Crippen MR) is 146 cm³/mol. The second-order valence-electron chi connectivity index (χ2n) is 8.74. The van der Waals surface area contributed by atoms with Crippen LogP contribution >= 0.6 is 11.3 Å². The minimum absolute atomic E-state index is 0.104. The Bertz CT molecular complexity index is 1730. The number of nitrogens with one attached hydrogen (secondary N) is 2. The highest BCUT2D eigenvalue weighted by Gasteiger charge is 2.32. The monoisotopic (exact) mass is 510 g/mol. The molecule has 2 N–H and O–H groups in total. The Morgan fingerprint density at radius 1 is 1.11 bits per heavy atom. The highest BCUT2D eigenvalue weighted by atomic mass is 32.1. The van der Waals surface area contributed by atoms with Crippen LogP contribution in [0.25, 0.3) is 10.9 Å². The van der Waals surface area contributed by atoms with Gasteiger partial charge in [0.2, 0.25) is 0 Å². The highest BCUT2D eigenvalue weighted by molar-refractivity contribution is 7.12. The smallest absolute Gasteiger partial charge is 0.272 e. The summed E-state index contributed by atoms with van der Waals surface area (Å²) in [5.74, 6) is -0.0937. The van der Waals surface area contributed by atoms with Crippen LogP contribution in [0, 0.1) is 0 Å². The molecule has 0 unspecified atom stereocenters. The number of hydrogen-bond donors (Lipinski definition) is 2. The van der Waals surface area contributed by atoms with E-state index in [9.17, 15) is 14.4 Å². The SMILES string of the molecule is COc1c(N2CCc3cc(NC(=O)c4sccc4NCc4ccnc5ccccc45)ccc32)c(=O)c1=O. The lowest BCUT2D eigenvalue weighted by molar-refractivity contribution is 0.103. The summed E-state index contributed by atoms with van der Waals surface area (Å²) in [6.45, 7) is 1.13. The van der Waals surface area contributed by atoms with E-state index in [1.54, 1.807) is 12.3 Å². The number of methoxy groups -OCH3 is 1. The van der Waals surface area contributed by atoms with Gasteiger partial charge in [-0.05, 0) is 59.3 Å². The number of carbonyl (C=O) groups excluding carboxylic acids is 1. The lowest BCUT2D eigenvalue weighted by Crippen LogP contribution is -2.38. The molecule has 8 nitrogen and oxygen atoms in total. The molecule has 3 heterocycles. The Labute approximate surface area is 215 Å². The average molecular weight is 511 g/mol. The van der Waals surface area contributed by atoms with E-state index in [4.69, 9.17) is 4.74 Å². The Hall–Kier alpha value is -4.50. The zero-order valence-electron chi connectivity index (χ0n) is 19.9. The zero-order chi connectivity index (χ0) is 25.5. The van der Waals surface area contributed by atoms with E-state index in [-0.39, 0.29) is 11.7 Å². The average Bonchev–Trinajstić information content (AvgIpc) is 3.56. The number of rotatable bonds is 7. The molecular formula is C28H22N4O4S. The molecule has 0 bridgehead atoms. The fraction of sp³-hybridized carbons (Fsp3) is 0.143. The van der Waals surface area contributed by atoms with E-state index >= 15 is 0 Å². The summed E-state index contributed by atoms with van der Waals surface area (Å²) in [4.78, 5) is 43.8. The van der Waals surface area contributed by atoms with Crippen molar-refractivity contribution in [2.75, 3.05) is 29.2 Å². The number of anilines is 4. The van der Waals surface area contributed by atoms with Gasteiger partial charge in [-0.3, -0.25) is 19.4 Å². The van der Waals surface area contributed by atoms with E-state index < -0.39 is 10.9 Å². The lowest BCUT2D eigenvalue weighted by Gasteiger charge is -2.22. The molecule has 1 amide bonds. The summed E-state index contributed by atoms with van der Waals surface area (Å²) in [7, 11) is 1.39. The van der Waals surface area contributed by atoms with Gasteiger partial charge in [-0.2, -0.15) is 0 Å². The van der Waals surface area contributed by atoms with E-state index in [0.29, 0.717) is 35.8 Å². The molecule has 9 heteroatoms. The molecule has 0 radical (unpaired) electrons. The summed E-state index contributed by atoms with van der Waals surface area (Å²) in [5.41, 5.74) is 4.48. The molecule has 0 atom stereocenters. The second kappa shape index (κ2) is 9.18. The van der Waals surface area contributed by atoms with Crippen molar-refractivity contribution in [3.8, 4) is 5.75 Å². The molecule has 5 aromatic rings. The van der Waals surface area contributed by atoms with Gasteiger partial charge in [0.15, 0.2) is 5.75 Å². The number of aromatic nitrogens is 1. The lowest BCUT2D eigenvalue weighted by atomic mass is 10.1. The second-order valence-corrected chi connectivity index (χ2v) is 9.66. The van der Waals surface area contributed by atoms with Crippen molar-refractivity contribution in [3.63, 3.8) is 0 Å². The first-order valence-electron chi connectivity index (χ1n) is 11.8. The van der Waals surface area contributed by atoms with Crippen LogP contribution in [-0.4, -0.2) is 24.5 Å². The van der Waals surface area contributed by atoms with E-state index in [1.165, 1.54) is 18.4 Å². The molecule has 0 saturated heterocycles. The van der Waals surface area contributed by atoms with Crippen molar-refractivity contribution < 1.29 is 9.53 Å². The summed E-state index contributed by atoms with van der Waals surface area (Å²) >= 11 is 1.37. The van der Waals surface area contributed by atoms with Gasteiger partial charge < -0.3 is 20.3 Å². The standard InChI is InChI=1S/C28H22N4O4S/c1-36-26-23(24(33)25(26)34)32-12-9-16-14-18(6-7-22(16)32)31-28(35)27-21(10-13-37-27)30-15-17-8-11-29-20-5-3-2-4-19(17)20/h2-8,10-11,13-14,30H,9,12,15H2,1H3,(H,31,35). The third-order valence-corrected chi connectivity index (χ3v) is 7.54. The van der Waals surface area contributed by atoms with E-state index in [0.717, 1.165) is 33.4 Å². The number of benzene rings is 2. The van der Waals surface area contributed by atoms with Gasteiger partial charge in [-0.15, -0.1) is 11.3 Å². The van der Waals surface area contributed by atoms with Crippen LogP contribution < -0.4 is 31.1 Å². The number of hydrogen-bond acceptors (Lipinski definition) is 8. The number of carbonyl (C=O) groups is 1. The molecule has 0 fully saturated rings. The molecular weight excluding hydrogens is 488 g/mol. The first-order chi connectivity index (χ1) is 18.0. The maximum Gasteiger partial charge on any atom is 0.272 e. The van der Waals surface area contributed by atoms with Crippen LogP contribution in [0.5, 0.6) is 5.75 Å². The van der Waals surface area contributed by atoms with Gasteiger partial charge in [-0.25, -0.2) is 0 Å². The molecule has 184 valence electrons. The van der Waals surface area contributed by atoms with Crippen LogP contribution in [0.1, 0.15) is 20.8 Å². The van der Waals surface area contributed by atoms with Crippen molar-refractivity contribution in [1.82, 2.24) is 4.98 Å². The van der Waals surface area contributed by atoms with E-state index in [1.807, 2.05) is 58.8 Å². The summed E-state index contributed by atoms with van der Waals surface area (Å²) in [6.07, 6.45) is 2.48. The number of pyridine rings is 1. The van der Waals surface area contributed by atoms with Crippen molar-refractivity contribution in [3.05, 3.63) is 103 Å². The van der Waals surface area contributed by atoms with Crippen LogP contribution in [0.2, 0.25) is 0 Å². The molecule has 2 aromatic heterocycles. The topological polar surface area (TPSA) is 101 Å². The van der Waals surface area contributed by atoms with Crippen LogP contribution in [0.3, 0.4) is 0 Å². The molecule has 1 aliphatic rings. The molecule has 1 aliphatic heterocycles. The minimum atomic E-state index is -0.590. The first-order valence-corrected chi connectivity index (χ1v) is 12.7. The molecule has 37 heavy (non-hydrogen) atoms. The molecule has 6 rings (SSSR count). The first kappa shape index (κ1) is 22.9. The quantitative estimate of drug-likeness (QED) is 0.312. The normalized spacial score (nSPS) is 12.6. The largest absolute Gasteiger partial charge is 0.491 e. The van der Waals surface area contributed by atoms with Gasteiger partial charge in [0.25, 0.3) is 16.8 Å². The predicted octanol–water partition coefficient (Wildman–Crippen LogP) is 4.46. The van der Waals surface area contributed by atoms with Crippen LogP contribution in [0.15, 0.2) is 75.8 Å². The van der Waals surface area contributed by atoms with Crippen molar-refractivity contribution in [1.29, 1.82) is 0 Å². The molecule has 0 aliphatic carbocycles. The summed E-state index contributed by atoms with van der Waals surface area (Å²) in [5, 5.41) is 9.36. The maximum atomic E-state index is 13.1. The third-order valence-electron chi connectivity index (χ3n) is 6.63.